The molecule has 0 saturated carbocycles. The Morgan fingerprint density at radius 1 is 1.02 bits per heavy atom. The molecule has 1 atom stereocenters. The number of alkyl halides is 2. The lowest BCUT2D eigenvalue weighted by molar-refractivity contribution is -0.160. The fourth-order valence-corrected chi connectivity index (χ4v) is 6.71. The molecule has 246 valence electrons. The van der Waals surface area contributed by atoms with E-state index < -0.39 is 30.0 Å². The van der Waals surface area contributed by atoms with Gasteiger partial charge in [-0.2, -0.15) is 0 Å². The molecular formula is C38H39F3N2O4. The van der Waals surface area contributed by atoms with Crippen molar-refractivity contribution in [3.63, 3.8) is 0 Å². The Kier molecular flexibility index (Phi) is 8.65. The van der Waals surface area contributed by atoms with E-state index in [-0.39, 0.29) is 23.7 Å². The molecule has 4 aromatic rings. The van der Waals surface area contributed by atoms with Crippen LogP contribution in [-0.2, 0) is 35.0 Å². The van der Waals surface area contributed by atoms with E-state index in [0.717, 1.165) is 29.7 Å². The smallest absolute Gasteiger partial charge is 0.337 e. The summed E-state index contributed by atoms with van der Waals surface area (Å²) in [6.07, 6.45) is -1.12. The topological polar surface area (TPSA) is 71.9 Å². The first kappa shape index (κ1) is 32.7. The quantitative estimate of drug-likeness (QED) is 0.217. The Balaban J connectivity index is 1.50. The van der Waals surface area contributed by atoms with E-state index in [9.17, 15) is 14.3 Å². The minimum atomic E-state index is -3.10. The lowest BCUT2D eigenvalue weighted by Crippen LogP contribution is -2.30. The molecule has 1 N–H and O–H groups in total. The van der Waals surface area contributed by atoms with Crippen LogP contribution in [0.2, 0.25) is 0 Å². The maximum atomic E-state index is 15.2. The SMILES string of the molecule is Cc1nc(C)c(C(OC(C)(C)C)C(=O)O)c(-c2ccc3c(c2)C(F)(F)CCO3)c1-c1ccc2c(c1)CCN(Cc1ccccc1F)C2. The van der Waals surface area contributed by atoms with Crippen LogP contribution in [-0.4, -0.2) is 39.7 Å². The summed E-state index contributed by atoms with van der Waals surface area (Å²) in [6.45, 7) is 10.7. The van der Waals surface area contributed by atoms with Crippen LogP contribution >= 0.6 is 0 Å². The molecule has 3 heterocycles. The highest BCUT2D eigenvalue weighted by atomic mass is 19.3. The third-order valence-electron chi connectivity index (χ3n) is 8.84. The Labute approximate surface area is 273 Å². The lowest BCUT2D eigenvalue weighted by Gasteiger charge is -2.31. The summed E-state index contributed by atoms with van der Waals surface area (Å²) >= 11 is 0. The molecule has 2 aliphatic heterocycles. The van der Waals surface area contributed by atoms with Gasteiger partial charge in [0.2, 0.25) is 0 Å². The molecule has 6 rings (SSSR count). The summed E-state index contributed by atoms with van der Waals surface area (Å²) in [5.74, 6) is -4.41. The fraction of sp³-hybridized carbons (Fsp3) is 0.368. The van der Waals surface area contributed by atoms with Gasteiger partial charge in [-0.1, -0.05) is 42.5 Å². The van der Waals surface area contributed by atoms with Gasteiger partial charge in [-0.05, 0) is 87.1 Å². The zero-order valence-electron chi connectivity index (χ0n) is 27.3. The summed E-state index contributed by atoms with van der Waals surface area (Å²) in [5.41, 5.74) is 5.62. The number of carbonyl (C=O) groups is 1. The van der Waals surface area contributed by atoms with E-state index in [1.54, 1.807) is 45.9 Å². The number of rotatable bonds is 7. The molecule has 1 aromatic heterocycles. The van der Waals surface area contributed by atoms with Gasteiger partial charge in [0, 0.05) is 47.7 Å². The van der Waals surface area contributed by atoms with Crippen LogP contribution in [0.15, 0.2) is 60.7 Å². The second-order valence-corrected chi connectivity index (χ2v) is 13.4. The maximum Gasteiger partial charge on any atom is 0.337 e. The van der Waals surface area contributed by atoms with E-state index in [1.165, 1.54) is 18.2 Å². The number of fused-ring (bicyclic) bond motifs is 2. The van der Waals surface area contributed by atoms with Crippen molar-refractivity contribution in [2.45, 2.75) is 78.2 Å². The normalized spacial score (nSPS) is 16.6. The monoisotopic (exact) mass is 644 g/mol. The first-order chi connectivity index (χ1) is 22.2. The standard InChI is InChI=1S/C38H39F3N2O4/c1-22-32(25-10-11-27-20-43(16-14-24(27)18-25)21-28-8-6-7-9-30(28)39)34(26-12-13-31-29(19-26)38(40,41)15-17-46-31)33(23(2)42-22)35(36(44)45)47-37(3,4)5/h6-13,18-19,35H,14-17,20-21H2,1-5H3,(H,44,45). The molecule has 47 heavy (non-hydrogen) atoms. The summed E-state index contributed by atoms with van der Waals surface area (Å²) in [4.78, 5) is 19.8. The van der Waals surface area contributed by atoms with Crippen LogP contribution in [0.25, 0.3) is 22.3 Å². The van der Waals surface area contributed by atoms with E-state index in [1.807, 2.05) is 25.1 Å². The number of carboxylic acid groups (broad SMARTS) is 1. The summed E-state index contributed by atoms with van der Waals surface area (Å²) < 4.78 is 56.5. The van der Waals surface area contributed by atoms with Gasteiger partial charge in [0.15, 0.2) is 6.10 Å². The number of carboxylic acids is 1. The van der Waals surface area contributed by atoms with Gasteiger partial charge in [-0.15, -0.1) is 0 Å². The summed E-state index contributed by atoms with van der Waals surface area (Å²) in [6, 6.07) is 17.5. The van der Waals surface area contributed by atoms with Crippen molar-refractivity contribution in [3.8, 4) is 28.0 Å². The Hall–Kier alpha value is -4.21. The van der Waals surface area contributed by atoms with Gasteiger partial charge < -0.3 is 14.6 Å². The zero-order valence-corrected chi connectivity index (χ0v) is 27.3. The summed E-state index contributed by atoms with van der Waals surface area (Å²) in [7, 11) is 0. The van der Waals surface area contributed by atoms with E-state index in [4.69, 9.17) is 14.5 Å². The fourth-order valence-electron chi connectivity index (χ4n) is 6.71. The van der Waals surface area contributed by atoms with Crippen molar-refractivity contribution >= 4 is 5.97 Å². The van der Waals surface area contributed by atoms with Crippen LogP contribution in [0.3, 0.4) is 0 Å². The third-order valence-corrected chi connectivity index (χ3v) is 8.84. The number of nitrogens with zero attached hydrogens (tertiary/aromatic N) is 2. The first-order valence-corrected chi connectivity index (χ1v) is 15.9. The Bertz CT molecular complexity index is 1850. The van der Waals surface area contributed by atoms with E-state index in [2.05, 4.69) is 11.0 Å². The van der Waals surface area contributed by atoms with Gasteiger partial charge in [-0.3, -0.25) is 9.88 Å². The number of ether oxygens (including phenoxy) is 2. The number of pyridine rings is 1. The second kappa shape index (κ2) is 12.4. The number of hydrogen-bond donors (Lipinski definition) is 1. The molecule has 0 spiro atoms. The van der Waals surface area contributed by atoms with Crippen LogP contribution in [0.4, 0.5) is 13.2 Å². The molecule has 0 aliphatic carbocycles. The number of halogens is 3. The molecular weight excluding hydrogens is 605 g/mol. The molecule has 2 aliphatic rings. The summed E-state index contributed by atoms with van der Waals surface area (Å²) in [5, 5.41) is 10.5. The second-order valence-electron chi connectivity index (χ2n) is 13.4. The highest BCUT2D eigenvalue weighted by Gasteiger charge is 2.39. The van der Waals surface area contributed by atoms with Crippen molar-refractivity contribution < 1.29 is 32.5 Å². The van der Waals surface area contributed by atoms with Gasteiger partial charge >= 0.3 is 5.97 Å². The van der Waals surface area contributed by atoms with Crippen LogP contribution in [0.5, 0.6) is 5.75 Å². The average molecular weight is 645 g/mol. The lowest BCUT2D eigenvalue weighted by atomic mass is 9.84. The van der Waals surface area contributed by atoms with Crippen molar-refractivity contribution in [2.75, 3.05) is 13.2 Å². The third kappa shape index (κ3) is 6.64. The number of aryl methyl sites for hydroxylation is 2. The number of hydrogen-bond acceptors (Lipinski definition) is 5. The molecule has 9 heteroatoms. The minimum Gasteiger partial charge on any atom is -0.493 e. The largest absolute Gasteiger partial charge is 0.493 e. The molecule has 0 saturated heterocycles. The van der Waals surface area contributed by atoms with Gasteiger partial charge in [0.25, 0.3) is 5.92 Å². The molecule has 0 fully saturated rings. The van der Waals surface area contributed by atoms with Crippen molar-refractivity contribution in [1.82, 2.24) is 9.88 Å². The Morgan fingerprint density at radius 3 is 2.47 bits per heavy atom. The number of benzene rings is 3. The number of aromatic nitrogens is 1. The van der Waals surface area contributed by atoms with Crippen molar-refractivity contribution in [2.24, 2.45) is 0 Å². The van der Waals surface area contributed by atoms with Crippen molar-refractivity contribution in [3.05, 3.63) is 106 Å². The Morgan fingerprint density at radius 2 is 1.74 bits per heavy atom. The van der Waals surface area contributed by atoms with Crippen molar-refractivity contribution in [1.29, 1.82) is 0 Å². The molecule has 0 amide bonds. The zero-order chi connectivity index (χ0) is 33.7. The highest BCUT2D eigenvalue weighted by molar-refractivity contribution is 5.91. The van der Waals surface area contributed by atoms with E-state index in [0.29, 0.717) is 52.3 Å². The predicted molar refractivity (Wildman–Crippen MR) is 174 cm³/mol. The van der Waals surface area contributed by atoms with Crippen LogP contribution < -0.4 is 4.74 Å². The van der Waals surface area contributed by atoms with Gasteiger partial charge in [0.05, 0.1) is 24.2 Å². The van der Waals surface area contributed by atoms with Crippen LogP contribution in [0.1, 0.15) is 72.5 Å². The minimum absolute atomic E-state index is 0.0866. The van der Waals surface area contributed by atoms with Gasteiger partial charge in [-0.25, -0.2) is 18.0 Å². The first-order valence-electron chi connectivity index (χ1n) is 15.9. The molecule has 3 aromatic carbocycles. The molecule has 1 unspecified atom stereocenters. The molecule has 0 bridgehead atoms. The molecule has 6 nitrogen and oxygen atoms in total. The average Bonchev–Trinajstić information content (AvgIpc) is 3.00. The molecule has 0 radical (unpaired) electrons. The number of aliphatic carboxylic acids is 1. The van der Waals surface area contributed by atoms with Crippen LogP contribution in [0, 0.1) is 19.7 Å². The van der Waals surface area contributed by atoms with Gasteiger partial charge in [0.1, 0.15) is 11.6 Å². The highest BCUT2D eigenvalue weighted by Crippen LogP contribution is 2.47. The maximum absolute atomic E-state index is 15.2. The predicted octanol–water partition coefficient (Wildman–Crippen LogP) is 8.54. The van der Waals surface area contributed by atoms with E-state index >= 15 is 8.78 Å².